The van der Waals surface area contributed by atoms with Crippen molar-refractivity contribution in [3.8, 4) is 28.3 Å². The lowest BCUT2D eigenvalue weighted by atomic mass is 9.82. The van der Waals surface area contributed by atoms with Gasteiger partial charge in [-0.05, 0) is 62.7 Å². The van der Waals surface area contributed by atoms with E-state index in [9.17, 15) is 0 Å². The molecule has 3 heteroatoms. The van der Waals surface area contributed by atoms with Gasteiger partial charge in [-0.3, -0.25) is 4.57 Å². The van der Waals surface area contributed by atoms with Crippen molar-refractivity contribution in [1.29, 1.82) is 0 Å². The van der Waals surface area contributed by atoms with E-state index in [1.54, 1.807) is 0 Å². The maximum absolute atomic E-state index is 5.37. The third-order valence-corrected chi connectivity index (χ3v) is 10.2. The molecule has 0 saturated heterocycles. The number of rotatable bonds is 2. The van der Waals surface area contributed by atoms with Crippen LogP contribution in [0.4, 0.5) is 0 Å². The molecular formula is C43H29N3. The molecule has 1 aliphatic rings. The van der Waals surface area contributed by atoms with Gasteiger partial charge >= 0.3 is 0 Å². The molecular weight excluding hydrogens is 558 g/mol. The van der Waals surface area contributed by atoms with Crippen LogP contribution >= 0.6 is 0 Å². The van der Waals surface area contributed by atoms with E-state index in [0.29, 0.717) is 5.95 Å². The van der Waals surface area contributed by atoms with E-state index >= 15 is 0 Å². The molecule has 0 fully saturated rings. The minimum Gasteiger partial charge on any atom is -0.278 e. The van der Waals surface area contributed by atoms with Crippen LogP contribution in [0.3, 0.4) is 0 Å². The number of benzene rings is 7. The van der Waals surface area contributed by atoms with Crippen LogP contribution in [-0.2, 0) is 5.41 Å². The van der Waals surface area contributed by atoms with Gasteiger partial charge in [0, 0.05) is 32.5 Å². The first kappa shape index (κ1) is 25.5. The van der Waals surface area contributed by atoms with Gasteiger partial charge < -0.3 is 0 Å². The van der Waals surface area contributed by atoms with Gasteiger partial charge in [0.2, 0.25) is 5.95 Å². The van der Waals surface area contributed by atoms with Crippen LogP contribution in [0.1, 0.15) is 25.0 Å². The second-order valence-electron chi connectivity index (χ2n) is 13.0. The van der Waals surface area contributed by atoms with Crippen LogP contribution < -0.4 is 0 Å². The molecule has 7 aromatic carbocycles. The Morgan fingerprint density at radius 3 is 2.13 bits per heavy atom. The molecule has 0 bridgehead atoms. The monoisotopic (exact) mass is 587 g/mol. The average Bonchev–Trinajstić information content (AvgIpc) is 3.55. The fourth-order valence-corrected chi connectivity index (χ4v) is 7.97. The number of nitrogens with zero attached hydrogens (tertiary/aromatic N) is 3. The highest BCUT2D eigenvalue weighted by Crippen LogP contribution is 2.52. The molecule has 10 rings (SSSR count). The minimum absolute atomic E-state index is 0.0430. The first-order valence-corrected chi connectivity index (χ1v) is 15.9. The molecule has 0 aliphatic heterocycles. The lowest BCUT2D eigenvalue weighted by molar-refractivity contribution is 0.661. The molecule has 0 spiro atoms. The zero-order chi connectivity index (χ0) is 30.6. The predicted molar refractivity (Wildman–Crippen MR) is 192 cm³/mol. The summed E-state index contributed by atoms with van der Waals surface area (Å²) in [7, 11) is 0. The fourth-order valence-electron chi connectivity index (χ4n) is 7.97. The molecule has 0 amide bonds. The van der Waals surface area contributed by atoms with Crippen LogP contribution in [0.2, 0.25) is 0 Å². The summed E-state index contributed by atoms with van der Waals surface area (Å²) in [5, 5.41) is 8.27. The van der Waals surface area contributed by atoms with Crippen molar-refractivity contribution in [2.75, 3.05) is 0 Å². The summed E-state index contributed by atoms with van der Waals surface area (Å²) in [5.41, 5.74) is 10.6. The quantitative estimate of drug-likeness (QED) is 0.188. The Bertz CT molecular complexity index is 2720. The largest absolute Gasteiger partial charge is 0.278 e. The first-order valence-electron chi connectivity index (χ1n) is 15.9. The summed E-state index contributed by atoms with van der Waals surface area (Å²) < 4.78 is 2.27. The zero-order valence-electron chi connectivity index (χ0n) is 25.6. The standard InChI is InChI=1S/C43H29N3/c1-43(2)35-18-10-8-17-31(35)39-33-25-34-30-16-9-11-19-37(30)46(38(34)24-28(33)21-23-36(39)43)42-44-40(27-13-4-3-5-14-27)32-22-20-26-12-6-7-15-29(26)41(32)45-42/h3-25H,1-2H3. The van der Waals surface area contributed by atoms with Gasteiger partial charge in [0.05, 0.1) is 22.2 Å². The summed E-state index contributed by atoms with van der Waals surface area (Å²) in [4.78, 5) is 10.7. The van der Waals surface area contributed by atoms with Crippen LogP contribution in [0.5, 0.6) is 0 Å². The topological polar surface area (TPSA) is 30.7 Å². The lowest BCUT2D eigenvalue weighted by Gasteiger charge is -2.21. The van der Waals surface area contributed by atoms with E-state index in [-0.39, 0.29) is 5.41 Å². The number of hydrogen-bond donors (Lipinski definition) is 0. The Hall–Kier alpha value is -5.80. The van der Waals surface area contributed by atoms with Crippen molar-refractivity contribution in [3.63, 3.8) is 0 Å². The molecule has 9 aromatic rings. The molecule has 0 atom stereocenters. The molecule has 0 saturated carbocycles. The van der Waals surface area contributed by atoms with Crippen molar-refractivity contribution in [1.82, 2.24) is 14.5 Å². The van der Waals surface area contributed by atoms with E-state index in [2.05, 4.69) is 158 Å². The highest BCUT2D eigenvalue weighted by molar-refractivity contribution is 6.17. The highest BCUT2D eigenvalue weighted by Gasteiger charge is 2.36. The van der Waals surface area contributed by atoms with Crippen molar-refractivity contribution in [2.24, 2.45) is 0 Å². The normalized spacial score (nSPS) is 13.6. The van der Waals surface area contributed by atoms with Crippen LogP contribution in [0.15, 0.2) is 140 Å². The lowest BCUT2D eigenvalue weighted by Crippen LogP contribution is -2.14. The fraction of sp³-hybridized carbons (Fsp3) is 0.0698. The molecule has 0 N–H and O–H groups in total. The molecule has 216 valence electrons. The van der Waals surface area contributed by atoms with Crippen molar-refractivity contribution in [2.45, 2.75) is 19.3 Å². The van der Waals surface area contributed by atoms with Crippen molar-refractivity contribution in [3.05, 3.63) is 151 Å². The molecule has 1 aliphatic carbocycles. The van der Waals surface area contributed by atoms with Gasteiger partial charge in [-0.25, -0.2) is 9.97 Å². The molecule has 0 unspecified atom stereocenters. The van der Waals surface area contributed by atoms with Gasteiger partial charge in [-0.1, -0.05) is 129 Å². The highest BCUT2D eigenvalue weighted by atomic mass is 15.2. The summed E-state index contributed by atoms with van der Waals surface area (Å²) in [6, 6.07) is 50.3. The van der Waals surface area contributed by atoms with Gasteiger partial charge in [0.1, 0.15) is 0 Å². The summed E-state index contributed by atoms with van der Waals surface area (Å²) in [5.74, 6) is 0.681. The third kappa shape index (κ3) is 3.37. The molecule has 3 nitrogen and oxygen atoms in total. The van der Waals surface area contributed by atoms with E-state index in [1.165, 1.54) is 49.2 Å². The maximum atomic E-state index is 5.37. The average molecular weight is 588 g/mol. The molecule has 2 heterocycles. The first-order chi connectivity index (χ1) is 22.6. The van der Waals surface area contributed by atoms with Gasteiger partial charge in [0.25, 0.3) is 0 Å². The number of hydrogen-bond acceptors (Lipinski definition) is 2. The summed E-state index contributed by atoms with van der Waals surface area (Å²) in [6.45, 7) is 4.69. The minimum atomic E-state index is -0.0430. The Morgan fingerprint density at radius 1 is 0.500 bits per heavy atom. The number of aromatic nitrogens is 3. The van der Waals surface area contributed by atoms with Gasteiger partial charge in [0.15, 0.2) is 0 Å². The second kappa shape index (κ2) is 9.12. The van der Waals surface area contributed by atoms with Crippen LogP contribution in [-0.4, -0.2) is 14.5 Å². The van der Waals surface area contributed by atoms with Crippen LogP contribution in [0, 0.1) is 0 Å². The summed E-state index contributed by atoms with van der Waals surface area (Å²) >= 11 is 0. The number of para-hydroxylation sites is 1. The van der Waals surface area contributed by atoms with E-state index in [1.807, 2.05) is 0 Å². The second-order valence-corrected chi connectivity index (χ2v) is 13.0. The number of fused-ring (bicyclic) bond motifs is 11. The zero-order valence-corrected chi connectivity index (χ0v) is 25.6. The Labute approximate surface area is 266 Å². The van der Waals surface area contributed by atoms with E-state index < -0.39 is 0 Å². The Kier molecular flexibility index (Phi) is 5.06. The molecule has 0 radical (unpaired) electrons. The van der Waals surface area contributed by atoms with Gasteiger partial charge in [-0.2, -0.15) is 0 Å². The molecule has 46 heavy (non-hydrogen) atoms. The van der Waals surface area contributed by atoms with Crippen LogP contribution in [0.25, 0.3) is 82.6 Å². The van der Waals surface area contributed by atoms with E-state index in [4.69, 9.17) is 9.97 Å². The van der Waals surface area contributed by atoms with Crippen molar-refractivity contribution < 1.29 is 0 Å². The van der Waals surface area contributed by atoms with Crippen molar-refractivity contribution >= 4 is 54.3 Å². The molecule has 2 aromatic heterocycles. The SMILES string of the molecule is CC1(C)c2ccccc2-c2c1ccc1cc3c(cc21)c1ccccc1n3-c1nc(-c2ccccc2)c2ccc3ccccc3c2n1. The summed E-state index contributed by atoms with van der Waals surface area (Å²) in [6.07, 6.45) is 0. The Balaban J connectivity index is 1.33. The van der Waals surface area contributed by atoms with E-state index in [0.717, 1.165) is 38.6 Å². The van der Waals surface area contributed by atoms with Gasteiger partial charge in [-0.15, -0.1) is 0 Å². The Morgan fingerprint density at radius 2 is 1.24 bits per heavy atom. The smallest absolute Gasteiger partial charge is 0.235 e. The predicted octanol–water partition coefficient (Wildman–Crippen LogP) is 11.0. The third-order valence-electron chi connectivity index (χ3n) is 10.2. The maximum Gasteiger partial charge on any atom is 0.235 e.